The zero-order valence-electron chi connectivity index (χ0n) is 14.2. The molecule has 6 nitrogen and oxygen atoms in total. The van der Waals surface area contributed by atoms with E-state index in [1.165, 1.54) is 4.88 Å². The molecule has 0 spiro atoms. The Labute approximate surface area is 159 Å². The van der Waals surface area contributed by atoms with Crippen LogP contribution in [0.3, 0.4) is 0 Å². The van der Waals surface area contributed by atoms with E-state index < -0.39 is 17.8 Å². The largest absolute Gasteiger partial charge is 0.335 e. The van der Waals surface area contributed by atoms with Gasteiger partial charge in [0.25, 0.3) is 0 Å². The van der Waals surface area contributed by atoms with Gasteiger partial charge in [-0.25, -0.2) is 9.69 Å². The first-order chi connectivity index (χ1) is 12.6. The average molecular weight is 390 g/mol. The zero-order valence-corrected chi connectivity index (χ0v) is 15.8. The van der Waals surface area contributed by atoms with E-state index in [2.05, 4.69) is 11.0 Å². The van der Waals surface area contributed by atoms with Gasteiger partial charge in [-0.15, -0.1) is 22.7 Å². The molecule has 2 aromatic rings. The molecule has 2 fully saturated rings. The molecule has 4 heterocycles. The van der Waals surface area contributed by atoms with E-state index in [1.54, 1.807) is 22.7 Å². The number of hydrogen-bond acceptors (Lipinski definition) is 6. The van der Waals surface area contributed by atoms with Gasteiger partial charge in [0.05, 0.1) is 6.67 Å². The molecule has 8 heteroatoms. The number of nitrogens with zero attached hydrogens (tertiary/aromatic N) is 3. The van der Waals surface area contributed by atoms with Gasteiger partial charge < -0.3 is 0 Å². The number of carbonyl (C=O) groups is 3. The van der Waals surface area contributed by atoms with Crippen molar-refractivity contribution < 1.29 is 14.4 Å². The summed E-state index contributed by atoms with van der Waals surface area (Å²) in [4.78, 5) is 43.9. The predicted octanol–water partition coefficient (Wildman–Crippen LogP) is 2.94. The molecular formula is C18H19N3O3S2. The van der Waals surface area contributed by atoms with E-state index in [1.807, 2.05) is 29.0 Å². The summed E-state index contributed by atoms with van der Waals surface area (Å²) in [5.74, 6) is -1.42. The maximum absolute atomic E-state index is 12.7. The number of urea groups is 1. The van der Waals surface area contributed by atoms with E-state index in [0.29, 0.717) is 6.42 Å². The molecule has 2 aromatic heterocycles. The van der Waals surface area contributed by atoms with Crippen LogP contribution in [0.5, 0.6) is 0 Å². The smallest absolute Gasteiger partial charge is 0.278 e. The van der Waals surface area contributed by atoms with Crippen molar-refractivity contribution in [3.05, 3.63) is 44.8 Å². The summed E-state index contributed by atoms with van der Waals surface area (Å²) >= 11 is 3.27. The molecule has 4 amide bonds. The van der Waals surface area contributed by atoms with Crippen LogP contribution in [-0.2, 0) is 16.0 Å². The SMILES string of the molecule is O=C1C(=O)N(CN2CCC[C@H]2c2cccs2)C(=O)N1CCc1cccs1. The Kier molecular flexibility index (Phi) is 4.88. The third-order valence-electron chi connectivity index (χ3n) is 4.86. The fourth-order valence-corrected chi connectivity index (χ4v) is 5.12. The van der Waals surface area contributed by atoms with Crippen molar-refractivity contribution in [1.29, 1.82) is 0 Å². The second-order valence-corrected chi connectivity index (χ2v) is 8.44. The fourth-order valence-electron chi connectivity index (χ4n) is 3.53. The minimum absolute atomic E-state index is 0.182. The average Bonchev–Trinajstić information content (AvgIpc) is 3.41. The van der Waals surface area contributed by atoms with E-state index in [4.69, 9.17) is 0 Å². The zero-order chi connectivity index (χ0) is 18.1. The Morgan fingerprint density at radius 2 is 1.77 bits per heavy atom. The maximum Gasteiger partial charge on any atom is 0.335 e. The third-order valence-corrected chi connectivity index (χ3v) is 6.77. The Hall–Kier alpha value is -2.03. The van der Waals surface area contributed by atoms with Crippen LogP contribution < -0.4 is 0 Å². The number of amides is 4. The summed E-state index contributed by atoms with van der Waals surface area (Å²) in [6, 6.07) is 7.71. The lowest BCUT2D eigenvalue weighted by Gasteiger charge is -2.27. The second kappa shape index (κ2) is 7.30. The van der Waals surface area contributed by atoms with Gasteiger partial charge in [-0.3, -0.25) is 19.4 Å². The molecule has 0 N–H and O–H groups in total. The van der Waals surface area contributed by atoms with Crippen LogP contribution in [0.4, 0.5) is 4.79 Å². The summed E-state index contributed by atoms with van der Waals surface area (Å²) in [7, 11) is 0. The van der Waals surface area contributed by atoms with Crippen molar-refractivity contribution in [2.24, 2.45) is 0 Å². The van der Waals surface area contributed by atoms with Crippen LogP contribution in [0, 0.1) is 0 Å². The summed E-state index contributed by atoms with van der Waals surface area (Å²) in [6.45, 7) is 1.25. The van der Waals surface area contributed by atoms with Crippen LogP contribution in [-0.4, -0.2) is 52.3 Å². The molecule has 4 rings (SSSR count). The van der Waals surface area contributed by atoms with E-state index in [0.717, 1.165) is 34.1 Å². The molecule has 0 aliphatic carbocycles. The number of rotatable bonds is 6. The number of thiophene rings is 2. The Morgan fingerprint density at radius 1 is 1.00 bits per heavy atom. The lowest BCUT2D eigenvalue weighted by Crippen LogP contribution is -2.42. The molecule has 0 saturated carbocycles. The highest BCUT2D eigenvalue weighted by Gasteiger charge is 2.45. The van der Waals surface area contributed by atoms with Gasteiger partial charge in [-0.05, 0) is 35.7 Å². The van der Waals surface area contributed by atoms with Crippen LogP contribution in [0.25, 0.3) is 0 Å². The van der Waals surface area contributed by atoms with Crippen molar-refractivity contribution in [2.45, 2.75) is 25.3 Å². The molecule has 2 aliphatic heterocycles. The third kappa shape index (κ3) is 3.20. The van der Waals surface area contributed by atoms with E-state index in [9.17, 15) is 14.4 Å². The minimum Gasteiger partial charge on any atom is -0.278 e. The highest BCUT2D eigenvalue weighted by Crippen LogP contribution is 2.34. The Balaban J connectivity index is 1.44. The first-order valence-electron chi connectivity index (χ1n) is 8.62. The van der Waals surface area contributed by atoms with Crippen molar-refractivity contribution in [3.8, 4) is 0 Å². The van der Waals surface area contributed by atoms with Crippen molar-refractivity contribution in [2.75, 3.05) is 19.8 Å². The van der Waals surface area contributed by atoms with Crippen LogP contribution in [0.15, 0.2) is 35.0 Å². The van der Waals surface area contributed by atoms with E-state index in [-0.39, 0.29) is 19.3 Å². The van der Waals surface area contributed by atoms with Crippen molar-refractivity contribution >= 4 is 40.5 Å². The number of hydrogen-bond donors (Lipinski definition) is 0. The molecule has 2 aliphatic rings. The van der Waals surface area contributed by atoms with Crippen LogP contribution in [0.1, 0.15) is 28.6 Å². The lowest BCUT2D eigenvalue weighted by molar-refractivity contribution is -0.144. The van der Waals surface area contributed by atoms with Crippen molar-refractivity contribution in [3.63, 3.8) is 0 Å². The molecule has 0 radical (unpaired) electrons. The normalized spacial score (nSPS) is 21.4. The monoisotopic (exact) mass is 389 g/mol. The van der Waals surface area contributed by atoms with Gasteiger partial charge in [0.2, 0.25) is 0 Å². The van der Waals surface area contributed by atoms with E-state index >= 15 is 0 Å². The second-order valence-electron chi connectivity index (χ2n) is 6.43. The quantitative estimate of drug-likeness (QED) is 0.563. The molecule has 0 unspecified atom stereocenters. The number of likely N-dealkylation sites (tertiary alicyclic amines) is 1. The summed E-state index contributed by atoms with van der Waals surface area (Å²) < 4.78 is 0. The predicted molar refractivity (Wildman–Crippen MR) is 99.8 cm³/mol. The molecule has 136 valence electrons. The summed E-state index contributed by atoms with van der Waals surface area (Å²) in [5.41, 5.74) is 0. The molecule has 1 atom stereocenters. The van der Waals surface area contributed by atoms with Gasteiger partial charge in [-0.1, -0.05) is 12.1 Å². The highest BCUT2D eigenvalue weighted by molar-refractivity contribution is 7.10. The summed E-state index contributed by atoms with van der Waals surface area (Å²) in [6.07, 6.45) is 2.61. The molecule has 0 bridgehead atoms. The van der Waals surface area contributed by atoms with Gasteiger partial charge in [-0.2, -0.15) is 0 Å². The minimum atomic E-state index is -0.710. The molecular weight excluding hydrogens is 370 g/mol. The first-order valence-corrected chi connectivity index (χ1v) is 10.4. The summed E-state index contributed by atoms with van der Waals surface area (Å²) in [5, 5.41) is 3.99. The van der Waals surface area contributed by atoms with Crippen LogP contribution in [0.2, 0.25) is 0 Å². The maximum atomic E-state index is 12.7. The van der Waals surface area contributed by atoms with Gasteiger partial charge in [0, 0.05) is 35.3 Å². The van der Waals surface area contributed by atoms with Gasteiger partial charge >= 0.3 is 17.8 Å². The van der Waals surface area contributed by atoms with Gasteiger partial charge in [0.15, 0.2) is 0 Å². The lowest BCUT2D eigenvalue weighted by atomic mass is 10.2. The van der Waals surface area contributed by atoms with Crippen LogP contribution >= 0.6 is 22.7 Å². The molecule has 26 heavy (non-hydrogen) atoms. The Morgan fingerprint density at radius 3 is 2.50 bits per heavy atom. The highest BCUT2D eigenvalue weighted by atomic mass is 32.1. The topological polar surface area (TPSA) is 60.9 Å². The van der Waals surface area contributed by atoms with Gasteiger partial charge in [0.1, 0.15) is 0 Å². The number of imide groups is 2. The number of carbonyl (C=O) groups excluding carboxylic acids is 3. The fraction of sp³-hybridized carbons (Fsp3) is 0.389. The Bertz CT molecular complexity index is 804. The molecule has 0 aromatic carbocycles. The standard InChI is InChI=1S/C18H19N3O3S2/c22-16-17(23)21(18(24)20(16)9-7-13-4-2-10-25-13)12-19-8-1-5-14(19)15-6-3-11-26-15/h2-4,6,10-11,14H,1,5,7-9,12H2/t14-/m0/s1. The molecule has 2 saturated heterocycles. The first kappa shape index (κ1) is 17.4. The van der Waals surface area contributed by atoms with Crippen molar-refractivity contribution in [1.82, 2.24) is 14.7 Å².